The van der Waals surface area contributed by atoms with Crippen molar-refractivity contribution in [2.75, 3.05) is 20.1 Å². The van der Waals surface area contributed by atoms with Crippen LogP contribution in [0.25, 0.3) is 0 Å². The Hall–Kier alpha value is -0.840. The van der Waals surface area contributed by atoms with Crippen molar-refractivity contribution in [3.63, 3.8) is 0 Å². The molecule has 1 N–H and O–H groups in total. The number of aliphatic imine (C=N–C) groups is 1. The first-order chi connectivity index (χ1) is 8.85. The molecule has 1 aliphatic heterocycles. The minimum atomic E-state index is -4.23. The van der Waals surface area contributed by atoms with Crippen LogP contribution in [0.15, 0.2) is 16.6 Å². The van der Waals surface area contributed by atoms with Gasteiger partial charge in [0, 0.05) is 31.4 Å². The molecule has 1 spiro atoms. The molecule has 0 atom stereocenters. The van der Waals surface area contributed by atoms with Crippen molar-refractivity contribution in [2.45, 2.75) is 38.8 Å². The Morgan fingerprint density at radius 1 is 1.37 bits per heavy atom. The smallest absolute Gasteiger partial charge is 0.316 e. The molecule has 0 amide bonds. The zero-order valence-electron chi connectivity index (χ0n) is 11.5. The second-order valence-corrected chi connectivity index (χ2v) is 5.95. The van der Waals surface area contributed by atoms with Crippen LogP contribution in [0.4, 0.5) is 13.2 Å². The first-order valence-electron chi connectivity index (χ1n) is 6.76. The van der Waals surface area contributed by atoms with Gasteiger partial charge >= 0.3 is 6.18 Å². The molecule has 1 aliphatic carbocycles. The molecule has 2 nitrogen and oxygen atoms in total. The fourth-order valence-corrected chi connectivity index (χ4v) is 3.11. The van der Waals surface area contributed by atoms with E-state index in [4.69, 9.17) is 0 Å². The van der Waals surface area contributed by atoms with Crippen molar-refractivity contribution >= 4 is 5.71 Å². The van der Waals surface area contributed by atoms with Gasteiger partial charge in [0.15, 0.2) is 0 Å². The van der Waals surface area contributed by atoms with E-state index in [1.807, 2.05) is 0 Å². The molecular formula is C14H21F3N2. The number of allylic oxidation sites excluding steroid dienone is 2. The average molecular weight is 274 g/mol. The summed E-state index contributed by atoms with van der Waals surface area (Å²) in [6, 6.07) is 0. The van der Waals surface area contributed by atoms with E-state index in [0.29, 0.717) is 23.5 Å². The Bertz CT molecular complexity index is 384. The molecule has 0 unspecified atom stereocenters. The number of alkyl halides is 3. The van der Waals surface area contributed by atoms with Gasteiger partial charge in [-0.05, 0) is 50.0 Å². The Balaban J connectivity index is 1.86. The van der Waals surface area contributed by atoms with E-state index >= 15 is 0 Å². The maximum atomic E-state index is 12.9. The third-order valence-electron chi connectivity index (χ3n) is 4.37. The molecule has 5 heteroatoms. The highest BCUT2D eigenvalue weighted by Gasteiger charge is 2.48. The lowest BCUT2D eigenvalue weighted by molar-refractivity contribution is -0.0954. The maximum Gasteiger partial charge on any atom is 0.412 e. The van der Waals surface area contributed by atoms with Gasteiger partial charge in [-0.25, -0.2) is 0 Å². The summed E-state index contributed by atoms with van der Waals surface area (Å²) < 4.78 is 38.7. The van der Waals surface area contributed by atoms with E-state index in [9.17, 15) is 13.2 Å². The summed E-state index contributed by atoms with van der Waals surface area (Å²) in [7, 11) is 1.51. The quantitative estimate of drug-likeness (QED) is 0.781. The summed E-state index contributed by atoms with van der Waals surface area (Å²) in [5.41, 5.74) is 0.428. The van der Waals surface area contributed by atoms with E-state index in [2.05, 4.69) is 10.3 Å². The molecule has 0 aromatic rings. The molecule has 2 rings (SSSR count). The van der Waals surface area contributed by atoms with Gasteiger partial charge in [-0.3, -0.25) is 4.99 Å². The summed E-state index contributed by atoms with van der Waals surface area (Å²) >= 11 is 0. The summed E-state index contributed by atoms with van der Waals surface area (Å²) in [5, 5.41) is 3.24. The van der Waals surface area contributed by atoms with Crippen molar-refractivity contribution in [1.82, 2.24) is 5.32 Å². The fraction of sp³-hybridized carbons (Fsp3) is 0.786. The molecule has 108 valence electrons. The Morgan fingerprint density at radius 3 is 2.42 bits per heavy atom. The van der Waals surface area contributed by atoms with Crippen molar-refractivity contribution in [2.24, 2.45) is 16.3 Å². The number of halogens is 3. The second-order valence-electron chi connectivity index (χ2n) is 5.95. The van der Waals surface area contributed by atoms with Crippen molar-refractivity contribution in [1.29, 1.82) is 0 Å². The van der Waals surface area contributed by atoms with Crippen LogP contribution in [0.2, 0.25) is 0 Å². The summed E-state index contributed by atoms with van der Waals surface area (Å²) in [5.74, 6) is 0.465. The molecular weight excluding hydrogens is 253 g/mol. The number of hydrogen-bond donors (Lipinski definition) is 1. The van der Waals surface area contributed by atoms with Crippen molar-refractivity contribution in [3.8, 4) is 0 Å². The third-order valence-corrected chi connectivity index (χ3v) is 4.37. The van der Waals surface area contributed by atoms with Gasteiger partial charge in [0.1, 0.15) is 0 Å². The second kappa shape index (κ2) is 5.27. The molecule has 0 aromatic carbocycles. The number of hydrogen-bond acceptors (Lipinski definition) is 2. The van der Waals surface area contributed by atoms with E-state index in [-0.39, 0.29) is 6.42 Å². The van der Waals surface area contributed by atoms with Gasteiger partial charge in [-0.2, -0.15) is 13.2 Å². The summed E-state index contributed by atoms with van der Waals surface area (Å²) in [6.45, 7) is 3.70. The van der Waals surface area contributed by atoms with E-state index < -0.39 is 11.7 Å². The van der Waals surface area contributed by atoms with Crippen LogP contribution < -0.4 is 5.32 Å². The molecule has 0 bridgehead atoms. The van der Waals surface area contributed by atoms with E-state index in [1.54, 1.807) is 6.92 Å². The number of nitrogens with one attached hydrogen (secondary N) is 1. The van der Waals surface area contributed by atoms with E-state index in [1.165, 1.54) is 13.1 Å². The van der Waals surface area contributed by atoms with Crippen LogP contribution in [-0.4, -0.2) is 32.0 Å². The summed E-state index contributed by atoms with van der Waals surface area (Å²) in [4.78, 5) is 3.78. The zero-order valence-corrected chi connectivity index (χ0v) is 11.5. The molecule has 1 saturated carbocycles. The monoisotopic (exact) mass is 274 g/mol. The Morgan fingerprint density at radius 2 is 2.00 bits per heavy atom. The first-order valence-corrected chi connectivity index (χ1v) is 6.76. The van der Waals surface area contributed by atoms with Crippen LogP contribution in [0, 0.1) is 11.3 Å². The molecule has 2 fully saturated rings. The normalized spacial score (nSPS) is 24.3. The van der Waals surface area contributed by atoms with Crippen LogP contribution >= 0.6 is 0 Å². The van der Waals surface area contributed by atoms with Crippen LogP contribution in [0.1, 0.15) is 32.6 Å². The Kier molecular flexibility index (Phi) is 4.04. The van der Waals surface area contributed by atoms with Gasteiger partial charge in [0.25, 0.3) is 0 Å². The molecule has 19 heavy (non-hydrogen) atoms. The highest BCUT2D eigenvalue weighted by molar-refractivity contribution is 5.93. The van der Waals surface area contributed by atoms with E-state index in [0.717, 1.165) is 25.9 Å². The minimum Gasteiger partial charge on any atom is -0.316 e. The summed E-state index contributed by atoms with van der Waals surface area (Å²) in [6.07, 6.45) is -0.114. The fourth-order valence-electron chi connectivity index (χ4n) is 3.11. The molecule has 0 radical (unpaired) electrons. The topological polar surface area (TPSA) is 24.4 Å². The largest absolute Gasteiger partial charge is 0.412 e. The molecule has 2 aliphatic rings. The van der Waals surface area contributed by atoms with Crippen molar-refractivity contribution in [3.05, 3.63) is 11.6 Å². The van der Waals surface area contributed by atoms with Crippen LogP contribution in [0.5, 0.6) is 0 Å². The van der Waals surface area contributed by atoms with Gasteiger partial charge < -0.3 is 5.32 Å². The first kappa shape index (κ1) is 14.6. The minimum absolute atomic E-state index is 0.116. The molecule has 1 heterocycles. The van der Waals surface area contributed by atoms with Crippen molar-refractivity contribution < 1.29 is 13.2 Å². The maximum absolute atomic E-state index is 12.9. The number of nitrogens with zero attached hydrogens (tertiary/aromatic N) is 1. The van der Waals surface area contributed by atoms with Crippen LogP contribution in [-0.2, 0) is 0 Å². The predicted molar refractivity (Wildman–Crippen MR) is 70.4 cm³/mol. The lowest BCUT2D eigenvalue weighted by Crippen LogP contribution is -2.60. The highest BCUT2D eigenvalue weighted by Crippen LogP contribution is 2.50. The van der Waals surface area contributed by atoms with Gasteiger partial charge in [-0.15, -0.1) is 0 Å². The van der Waals surface area contributed by atoms with Crippen LogP contribution in [0.3, 0.4) is 0 Å². The third kappa shape index (κ3) is 3.38. The standard InChI is InChI=1S/C14H21F3N2/c1-10(18-2)5-12(14(15,16)17)4-3-11-6-13(7-11)8-19-9-13/h5,11,19H,3-4,6-9H2,1-2H3/b12-5+,18-10?. The average Bonchev–Trinajstić information content (AvgIpc) is 2.21. The zero-order chi connectivity index (χ0) is 14.1. The SMILES string of the molecule is CN=C(C)/C=C(\CCC1CC2(CNC2)C1)C(F)(F)F. The molecule has 1 saturated heterocycles. The van der Waals surface area contributed by atoms with Gasteiger partial charge in [0.2, 0.25) is 0 Å². The van der Waals surface area contributed by atoms with Gasteiger partial charge in [0.05, 0.1) is 0 Å². The lowest BCUT2D eigenvalue weighted by atomic mass is 9.57. The Labute approximate surface area is 112 Å². The lowest BCUT2D eigenvalue weighted by Gasteiger charge is -2.54. The van der Waals surface area contributed by atoms with Gasteiger partial charge in [-0.1, -0.05) is 0 Å². The predicted octanol–water partition coefficient (Wildman–Crippen LogP) is 3.35. The molecule has 0 aromatic heterocycles. The number of rotatable bonds is 4. The highest BCUT2D eigenvalue weighted by atomic mass is 19.4.